The summed E-state index contributed by atoms with van der Waals surface area (Å²) < 4.78 is 6.11. The molecule has 1 aromatic carbocycles. The molecular weight excluding hydrogens is 234 g/mol. The number of aryl methyl sites for hydroxylation is 2. The zero-order chi connectivity index (χ0) is 14.3. The van der Waals surface area contributed by atoms with Gasteiger partial charge in [-0.25, -0.2) is 0 Å². The Hall–Kier alpha value is -1.02. The minimum atomic E-state index is 0.269. The molecule has 0 aromatic heterocycles. The second-order valence-corrected chi connectivity index (χ2v) is 5.83. The van der Waals surface area contributed by atoms with Crippen molar-refractivity contribution in [3.05, 3.63) is 29.3 Å². The van der Waals surface area contributed by atoms with Crippen LogP contribution < -0.4 is 10.1 Å². The molecule has 2 heteroatoms. The number of ether oxygens (including phenoxy) is 1. The third kappa shape index (κ3) is 6.11. The Kier molecular flexibility index (Phi) is 6.93. The Morgan fingerprint density at radius 1 is 1.11 bits per heavy atom. The summed E-state index contributed by atoms with van der Waals surface area (Å²) in [5.74, 6) is 1.68. The molecule has 108 valence electrons. The van der Waals surface area contributed by atoms with E-state index >= 15 is 0 Å². The molecule has 2 nitrogen and oxygen atoms in total. The lowest BCUT2D eigenvalue weighted by Crippen LogP contribution is -2.33. The largest absolute Gasteiger partial charge is 0.489 e. The zero-order valence-corrected chi connectivity index (χ0v) is 13.1. The molecule has 0 saturated heterocycles. The second kappa shape index (κ2) is 8.21. The van der Waals surface area contributed by atoms with Crippen LogP contribution in [0.2, 0.25) is 0 Å². The normalized spacial score (nSPS) is 12.7. The predicted octanol–water partition coefficient (Wildman–Crippen LogP) is 4.10. The molecule has 0 aliphatic carbocycles. The average molecular weight is 263 g/mol. The van der Waals surface area contributed by atoms with Crippen LogP contribution in [0.25, 0.3) is 0 Å². The molecule has 0 aliphatic heterocycles. The minimum Gasteiger partial charge on any atom is -0.489 e. The van der Waals surface area contributed by atoms with Gasteiger partial charge in [0.05, 0.1) is 0 Å². The number of nitrogens with one attached hydrogen (secondary N) is 1. The molecule has 1 aromatic rings. The average Bonchev–Trinajstić information content (AvgIpc) is 2.33. The summed E-state index contributed by atoms with van der Waals surface area (Å²) in [4.78, 5) is 0. The molecule has 1 N–H and O–H groups in total. The third-order valence-electron chi connectivity index (χ3n) is 3.32. The smallest absolute Gasteiger partial charge is 0.120 e. The zero-order valence-electron chi connectivity index (χ0n) is 13.1. The highest BCUT2D eigenvalue weighted by atomic mass is 16.5. The molecule has 0 fully saturated rings. The molecular formula is C17H29NO. The van der Waals surface area contributed by atoms with E-state index in [9.17, 15) is 0 Å². The van der Waals surface area contributed by atoms with Crippen LogP contribution in [0, 0.1) is 19.8 Å². The van der Waals surface area contributed by atoms with Crippen molar-refractivity contribution in [3.63, 3.8) is 0 Å². The summed E-state index contributed by atoms with van der Waals surface area (Å²) in [6.07, 6.45) is 2.52. The molecule has 0 amide bonds. The van der Waals surface area contributed by atoms with E-state index in [0.717, 1.165) is 31.7 Å². The number of benzene rings is 1. The van der Waals surface area contributed by atoms with Crippen molar-refractivity contribution in [1.29, 1.82) is 0 Å². The van der Waals surface area contributed by atoms with Crippen LogP contribution in [0.1, 0.15) is 44.7 Å². The third-order valence-corrected chi connectivity index (χ3v) is 3.32. The van der Waals surface area contributed by atoms with E-state index in [1.54, 1.807) is 0 Å². The minimum absolute atomic E-state index is 0.269. The fourth-order valence-electron chi connectivity index (χ4n) is 2.04. The van der Waals surface area contributed by atoms with Crippen LogP contribution in [0.3, 0.4) is 0 Å². The summed E-state index contributed by atoms with van der Waals surface area (Å²) in [6, 6.07) is 6.35. The van der Waals surface area contributed by atoms with Crippen molar-refractivity contribution in [1.82, 2.24) is 5.32 Å². The van der Waals surface area contributed by atoms with E-state index < -0.39 is 0 Å². The van der Waals surface area contributed by atoms with Crippen molar-refractivity contribution < 1.29 is 4.74 Å². The van der Waals surface area contributed by atoms with Gasteiger partial charge >= 0.3 is 0 Å². The Balaban J connectivity index is 2.54. The summed E-state index contributed by atoms with van der Waals surface area (Å²) in [5.41, 5.74) is 2.61. The van der Waals surface area contributed by atoms with Gasteiger partial charge in [0.1, 0.15) is 11.9 Å². The first-order valence-corrected chi connectivity index (χ1v) is 7.47. The first-order chi connectivity index (χ1) is 9.02. The fraction of sp³-hybridized carbons (Fsp3) is 0.647. The van der Waals surface area contributed by atoms with Crippen LogP contribution in [-0.2, 0) is 0 Å². The van der Waals surface area contributed by atoms with E-state index in [4.69, 9.17) is 4.74 Å². The van der Waals surface area contributed by atoms with Crippen LogP contribution in [0.15, 0.2) is 18.2 Å². The highest BCUT2D eigenvalue weighted by Gasteiger charge is 2.10. The molecule has 19 heavy (non-hydrogen) atoms. The van der Waals surface area contributed by atoms with E-state index in [-0.39, 0.29) is 6.10 Å². The molecule has 1 unspecified atom stereocenters. The van der Waals surface area contributed by atoms with Gasteiger partial charge in [-0.1, -0.05) is 33.3 Å². The van der Waals surface area contributed by atoms with Gasteiger partial charge < -0.3 is 10.1 Å². The van der Waals surface area contributed by atoms with Crippen molar-refractivity contribution in [2.75, 3.05) is 13.1 Å². The molecule has 0 spiro atoms. The number of hydrogen-bond acceptors (Lipinski definition) is 2. The molecule has 1 atom stereocenters. The molecule has 0 aliphatic rings. The highest BCUT2D eigenvalue weighted by Crippen LogP contribution is 2.18. The molecule has 0 heterocycles. The van der Waals surface area contributed by atoms with Crippen LogP contribution in [0.4, 0.5) is 0 Å². The monoisotopic (exact) mass is 263 g/mol. The van der Waals surface area contributed by atoms with E-state index in [0.29, 0.717) is 5.92 Å². The van der Waals surface area contributed by atoms with Crippen molar-refractivity contribution in [2.45, 2.75) is 53.6 Å². The number of hydrogen-bond donors (Lipinski definition) is 1. The molecule has 0 radical (unpaired) electrons. The Bertz CT molecular complexity index is 374. The quantitative estimate of drug-likeness (QED) is 0.762. The maximum Gasteiger partial charge on any atom is 0.120 e. The van der Waals surface area contributed by atoms with Gasteiger partial charge in [0, 0.05) is 6.54 Å². The van der Waals surface area contributed by atoms with Crippen molar-refractivity contribution >= 4 is 0 Å². The topological polar surface area (TPSA) is 21.3 Å². The van der Waals surface area contributed by atoms with Gasteiger partial charge in [0.2, 0.25) is 0 Å². The first-order valence-electron chi connectivity index (χ1n) is 7.47. The van der Waals surface area contributed by atoms with Gasteiger partial charge in [-0.3, -0.25) is 0 Å². The summed E-state index contributed by atoms with van der Waals surface area (Å²) in [5, 5.41) is 3.49. The second-order valence-electron chi connectivity index (χ2n) is 5.83. The molecule has 1 rings (SSSR count). The summed E-state index contributed by atoms with van der Waals surface area (Å²) in [7, 11) is 0. The predicted molar refractivity (Wildman–Crippen MR) is 82.9 cm³/mol. The molecule has 0 bridgehead atoms. The van der Waals surface area contributed by atoms with Gasteiger partial charge in [-0.05, 0) is 56.0 Å². The Morgan fingerprint density at radius 2 is 1.84 bits per heavy atom. The van der Waals surface area contributed by atoms with Crippen molar-refractivity contribution in [3.8, 4) is 5.75 Å². The number of rotatable bonds is 8. The lowest BCUT2D eigenvalue weighted by atomic mass is 10.1. The van der Waals surface area contributed by atoms with Gasteiger partial charge in [-0.2, -0.15) is 0 Å². The maximum atomic E-state index is 6.11. The maximum absolute atomic E-state index is 6.11. The first kappa shape index (κ1) is 16.0. The van der Waals surface area contributed by atoms with Crippen molar-refractivity contribution in [2.24, 2.45) is 5.92 Å². The van der Waals surface area contributed by atoms with Gasteiger partial charge in [0.25, 0.3) is 0 Å². The van der Waals surface area contributed by atoms with E-state index in [1.807, 2.05) is 0 Å². The lowest BCUT2D eigenvalue weighted by Gasteiger charge is -2.20. The van der Waals surface area contributed by atoms with Crippen LogP contribution in [0.5, 0.6) is 5.75 Å². The van der Waals surface area contributed by atoms with E-state index in [2.05, 4.69) is 58.1 Å². The van der Waals surface area contributed by atoms with E-state index in [1.165, 1.54) is 11.1 Å². The van der Waals surface area contributed by atoms with Gasteiger partial charge in [-0.15, -0.1) is 0 Å². The Labute approximate surface area is 118 Å². The van der Waals surface area contributed by atoms with Crippen LogP contribution >= 0.6 is 0 Å². The SMILES string of the molecule is CCCC(CNCC(C)C)Oc1ccc(C)c(C)c1. The highest BCUT2D eigenvalue weighted by molar-refractivity contribution is 5.33. The summed E-state index contributed by atoms with van der Waals surface area (Å²) >= 11 is 0. The Morgan fingerprint density at radius 3 is 2.42 bits per heavy atom. The fourth-order valence-corrected chi connectivity index (χ4v) is 2.04. The summed E-state index contributed by atoms with van der Waals surface area (Å²) in [6.45, 7) is 12.9. The molecule has 0 saturated carbocycles. The van der Waals surface area contributed by atoms with Gasteiger partial charge in [0.15, 0.2) is 0 Å². The standard InChI is InChI=1S/C17H29NO/c1-6-7-17(12-18-11-13(2)3)19-16-9-8-14(4)15(5)10-16/h8-10,13,17-18H,6-7,11-12H2,1-5H3. The lowest BCUT2D eigenvalue weighted by molar-refractivity contribution is 0.185. The van der Waals surface area contributed by atoms with Crippen LogP contribution in [-0.4, -0.2) is 19.2 Å².